The van der Waals surface area contributed by atoms with E-state index in [2.05, 4.69) is 0 Å². The lowest BCUT2D eigenvalue weighted by Crippen LogP contribution is -2.48. The summed E-state index contributed by atoms with van der Waals surface area (Å²) in [6.07, 6.45) is 1.47. The molecule has 1 amide bonds. The second-order valence-electron chi connectivity index (χ2n) is 4.43. The van der Waals surface area contributed by atoms with Crippen LogP contribution in [0.2, 0.25) is 0 Å². The number of hydrogen-bond acceptors (Lipinski definition) is 4. The first-order chi connectivity index (χ1) is 8.04. The molecule has 0 spiro atoms. The quantitative estimate of drug-likeness (QED) is 0.691. The maximum Gasteiger partial charge on any atom is 0.305 e. The van der Waals surface area contributed by atoms with Crippen molar-refractivity contribution in [3.05, 3.63) is 0 Å². The van der Waals surface area contributed by atoms with Crippen molar-refractivity contribution in [3.8, 4) is 0 Å². The third-order valence-corrected chi connectivity index (χ3v) is 3.04. The number of nitrogens with two attached hydrogens (primary N) is 1. The van der Waals surface area contributed by atoms with E-state index >= 15 is 0 Å². The fourth-order valence-corrected chi connectivity index (χ4v) is 2.07. The molecule has 0 radical (unpaired) electrons. The fraction of sp³-hybridized carbons (Fsp3) is 0.818. The third-order valence-electron chi connectivity index (χ3n) is 3.04. The molecule has 1 rings (SSSR count). The first-order valence-electron chi connectivity index (χ1n) is 5.79. The van der Waals surface area contributed by atoms with Crippen LogP contribution in [-0.4, -0.2) is 54.7 Å². The topological polar surface area (TPSA) is 92.9 Å². The minimum atomic E-state index is -1.04. The van der Waals surface area contributed by atoms with E-state index in [0.717, 1.165) is 12.8 Å². The number of amides is 1. The zero-order valence-corrected chi connectivity index (χ0v) is 10.1. The van der Waals surface area contributed by atoms with E-state index in [4.69, 9.17) is 15.6 Å². The molecule has 6 nitrogen and oxygen atoms in total. The van der Waals surface area contributed by atoms with Gasteiger partial charge in [0.05, 0.1) is 12.5 Å². The molecule has 3 N–H and O–H groups in total. The molecule has 1 unspecified atom stereocenters. The Morgan fingerprint density at radius 3 is 2.53 bits per heavy atom. The van der Waals surface area contributed by atoms with Crippen LogP contribution in [0.5, 0.6) is 0 Å². The molecule has 6 heteroatoms. The minimum Gasteiger partial charge on any atom is -0.481 e. The molecule has 0 aromatic rings. The standard InChI is InChI=1S/C11H20N2O4/c1-17-7-8-2-4-13(5-3-8)11(16)9(12)6-10(14)15/h8-9H,2-7,12H2,1H3,(H,14,15). The average Bonchev–Trinajstić information content (AvgIpc) is 2.28. The van der Waals surface area contributed by atoms with Gasteiger partial charge in [-0.15, -0.1) is 0 Å². The van der Waals surface area contributed by atoms with Gasteiger partial charge in [0, 0.05) is 26.8 Å². The van der Waals surface area contributed by atoms with Gasteiger partial charge in [-0.25, -0.2) is 0 Å². The number of carbonyl (C=O) groups excluding carboxylic acids is 1. The molecule has 1 atom stereocenters. The summed E-state index contributed by atoms with van der Waals surface area (Å²) >= 11 is 0. The van der Waals surface area contributed by atoms with Gasteiger partial charge in [0.1, 0.15) is 0 Å². The first-order valence-corrected chi connectivity index (χ1v) is 5.79. The van der Waals surface area contributed by atoms with Crippen molar-refractivity contribution < 1.29 is 19.4 Å². The Kier molecular flexibility index (Phi) is 5.37. The molecule has 0 aliphatic carbocycles. The largest absolute Gasteiger partial charge is 0.481 e. The molecule has 1 heterocycles. The summed E-state index contributed by atoms with van der Waals surface area (Å²) in [4.78, 5) is 23.9. The van der Waals surface area contributed by atoms with Gasteiger partial charge in [-0.3, -0.25) is 9.59 Å². The molecule has 1 fully saturated rings. The zero-order valence-electron chi connectivity index (χ0n) is 10.1. The van der Waals surface area contributed by atoms with Crippen LogP contribution in [0.4, 0.5) is 0 Å². The highest BCUT2D eigenvalue weighted by atomic mass is 16.5. The highest BCUT2D eigenvalue weighted by molar-refractivity contribution is 5.86. The van der Waals surface area contributed by atoms with Gasteiger partial charge >= 0.3 is 5.97 Å². The normalized spacial score (nSPS) is 19.1. The van der Waals surface area contributed by atoms with Crippen LogP contribution in [0.15, 0.2) is 0 Å². The number of aliphatic carboxylic acids is 1. The van der Waals surface area contributed by atoms with E-state index in [1.165, 1.54) is 0 Å². The third kappa shape index (κ3) is 4.32. The average molecular weight is 244 g/mol. The Balaban J connectivity index is 2.37. The zero-order chi connectivity index (χ0) is 12.8. The Morgan fingerprint density at radius 1 is 1.47 bits per heavy atom. The van der Waals surface area contributed by atoms with Gasteiger partial charge in [0.25, 0.3) is 0 Å². The fourth-order valence-electron chi connectivity index (χ4n) is 2.07. The van der Waals surface area contributed by atoms with E-state index in [-0.39, 0.29) is 12.3 Å². The van der Waals surface area contributed by atoms with E-state index < -0.39 is 12.0 Å². The Bertz CT molecular complexity index is 275. The van der Waals surface area contributed by atoms with Crippen LogP contribution >= 0.6 is 0 Å². The number of hydrogen-bond donors (Lipinski definition) is 2. The van der Waals surface area contributed by atoms with Crippen LogP contribution in [0.1, 0.15) is 19.3 Å². The van der Waals surface area contributed by atoms with Crippen molar-refractivity contribution >= 4 is 11.9 Å². The maximum atomic E-state index is 11.8. The molecule has 98 valence electrons. The van der Waals surface area contributed by atoms with Gasteiger partial charge in [-0.05, 0) is 18.8 Å². The lowest BCUT2D eigenvalue weighted by molar-refractivity contribution is -0.142. The van der Waals surface area contributed by atoms with Gasteiger partial charge in [-0.2, -0.15) is 0 Å². The summed E-state index contributed by atoms with van der Waals surface area (Å²) in [5.41, 5.74) is 5.55. The second kappa shape index (κ2) is 6.56. The van der Waals surface area contributed by atoms with Crippen LogP contribution in [0.3, 0.4) is 0 Å². The molecule has 1 aliphatic heterocycles. The number of carbonyl (C=O) groups is 2. The summed E-state index contributed by atoms with van der Waals surface area (Å²) in [5.74, 6) is -0.817. The molecule has 0 saturated carbocycles. The number of methoxy groups -OCH3 is 1. The second-order valence-corrected chi connectivity index (χ2v) is 4.43. The molecule has 1 aliphatic rings. The predicted molar refractivity (Wildman–Crippen MR) is 61.4 cm³/mol. The number of carboxylic acids is 1. The molecular formula is C11H20N2O4. The van der Waals surface area contributed by atoms with Crippen molar-refractivity contribution in [2.45, 2.75) is 25.3 Å². The van der Waals surface area contributed by atoms with Crippen LogP contribution < -0.4 is 5.73 Å². The molecule has 17 heavy (non-hydrogen) atoms. The lowest BCUT2D eigenvalue weighted by atomic mass is 9.97. The monoisotopic (exact) mass is 244 g/mol. The van der Waals surface area contributed by atoms with Gasteiger partial charge < -0.3 is 20.5 Å². The molecule has 0 aromatic heterocycles. The Labute approximate surface area is 101 Å². The molecular weight excluding hydrogens is 224 g/mol. The van der Waals surface area contributed by atoms with Gasteiger partial charge in [-0.1, -0.05) is 0 Å². The highest BCUT2D eigenvalue weighted by Gasteiger charge is 2.27. The van der Waals surface area contributed by atoms with Crippen molar-refractivity contribution in [3.63, 3.8) is 0 Å². The number of rotatable bonds is 5. The van der Waals surface area contributed by atoms with Crippen LogP contribution in [0, 0.1) is 5.92 Å². The summed E-state index contributed by atoms with van der Waals surface area (Å²) < 4.78 is 5.07. The smallest absolute Gasteiger partial charge is 0.305 e. The maximum absolute atomic E-state index is 11.8. The van der Waals surface area contributed by atoms with Crippen LogP contribution in [-0.2, 0) is 14.3 Å². The first kappa shape index (κ1) is 13.9. The Morgan fingerprint density at radius 2 is 2.06 bits per heavy atom. The van der Waals surface area contributed by atoms with Crippen LogP contribution in [0.25, 0.3) is 0 Å². The molecule has 1 saturated heterocycles. The van der Waals surface area contributed by atoms with Gasteiger partial charge in [0.2, 0.25) is 5.91 Å². The van der Waals surface area contributed by atoms with Crippen molar-refractivity contribution in [1.82, 2.24) is 4.90 Å². The van der Waals surface area contributed by atoms with E-state index in [9.17, 15) is 9.59 Å². The van der Waals surface area contributed by atoms with Crippen molar-refractivity contribution in [2.24, 2.45) is 11.7 Å². The Hall–Kier alpha value is -1.14. The summed E-state index contributed by atoms with van der Waals surface area (Å²) in [5, 5.41) is 8.58. The SMILES string of the molecule is COCC1CCN(C(=O)C(N)CC(=O)O)CC1. The molecule has 0 aromatic carbocycles. The molecule has 0 bridgehead atoms. The lowest BCUT2D eigenvalue weighted by Gasteiger charge is -2.33. The number of likely N-dealkylation sites (tertiary alicyclic amines) is 1. The highest BCUT2D eigenvalue weighted by Crippen LogP contribution is 2.17. The van der Waals surface area contributed by atoms with Crippen molar-refractivity contribution in [1.29, 1.82) is 0 Å². The van der Waals surface area contributed by atoms with Gasteiger partial charge in [0.15, 0.2) is 0 Å². The summed E-state index contributed by atoms with van der Waals surface area (Å²) in [6, 6.07) is -0.925. The number of nitrogens with zero attached hydrogens (tertiary/aromatic N) is 1. The minimum absolute atomic E-state index is 0.261. The summed E-state index contributed by atoms with van der Waals surface area (Å²) in [7, 11) is 1.67. The van der Waals surface area contributed by atoms with Crippen molar-refractivity contribution in [2.75, 3.05) is 26.8 Å². The van der Waals surface area contributed by atoms with E-state index in [1.807, 2.05) is 0 Å². The predicted octanol–water partition coefficient (Wildman–Crippen LogP) is -0.327. The number of ether oxygens (including phenoxy) is 1. The summed E-state index contributed by atoms with van der Waals surface area (Å²) in [6.45, 7) is 1.99. The van der Waals surface area contributed by atoms with E-state index in [0.29, 0.717) is 25.6 Å². The van der Waals surface area contributed by atoms with E-state index in [1.54, 1.807) is 12.0 Å². The number of piperidine rings is 1. The number of carboxylic acid groups (broad SMARTS) is 1.